The second-order valence-corrected chi connectivity index (χ2v) is 4.63. The summed E-state index contributed by atoms with van der Waals surface area (Å²) >= 11 is 0. The summed E-state index contributed by atoms with van der Waals surface area (Å²) in [6.07, 6.45) is 3.44. The van der Waals surface area contributed by atoms with E-state index in [0.717, 1.165) is 29.4 Å². The number of nitrogens with one attached hydrogen (secondary N) is 1. The number of hydrogen-bond acceptors (Lipinski definition) is 3. The maximum Gasteiger partial charge on any atom is 0.228 e. The van der Waals surface area contributed by atoms with Gasteiger partial charge in [-0.1, -0.05) is 31.5 Å². The number of carbonyl (C=O) groups excluding carboxylic acids is 1. The number of anilines is 1. The average Bonchev–Trinajstić information content (AvgIpc) is 2.44. The van der Waals surface area contributed by atoms with Gasteiger partial charge in [-0.3, -0.25) is 9.78 Å². The molecule has 1 aromatic carbocycles. The topological polar surface area (TPSA) is 68.0 Å². The summed E-state index contributed by atoms with van der Waals surface area (Å²) in [5.41, 5.74) is 7.27. The van der Waals surface area contributed by atoms with Crippen molar-refractivity contribution in [2.45, 2.75) is 19.8 Å². The predicted octanol–water partition coefficient (Wildman–Crippen LogP) is 2.55. The molecule has 0 radical (unpaired) electrons. The Morgan fingerprint density at radius 3 is 2.95 bits per heavy atom. The first-order valence-corrected chi connectivity index (χ1v) is 6.60. The third kappa shape index (κ3) is 3.29. The minimum absolute atomic E-state index is 0.0265. The van der Waals surface area contributed by atoms with E-state index < -0.39 is 0 Å². The quantitative estimate of drug-likeness (QED) is 0.865. The summed E-state index contributed by atoms with van der Waals surface area (Å²) in [7, 11) is 0. The minimum Gasteiger partial charge on any atom is -0.330 e. The first kappa shape index (κ1) is 13.5. The molecular weight excluding hydrogens is 238 g/mol. The van der Waals surface area contributed by atoms with Crippen LogP contribution >= 0.6 is 0 Å². The van der Waals surface area contributed by atoms with Gasteiger partial charge in [-0.25, -0.2) is 0 Å². The van der Waals surface area contributed by atoms with Crippen LogP contribution in [0.25, 0.3) is 10.9 Å². The summed E-state index contributed by atoms with van der Waals surface area (Å²) in [6.45, 7) is 2.42. The van der Waals surface area contributed by atoms with Crippen LogP contribution in [-0.2, 0) is 4.79 Å². The summed E-state index contributed by atoms with van der Waals surface area (Å²) in [5.74, 6) is -0.155. The van der Waals surface area contributed by atoms with E-state index in [9.17, 15) is 4.79 Å². The summed E-state index contributed by atoms with van der Waals surface area (Å²) < 4.78 is 0. The zero-order valence-electron chi connectivity index (χ0n) is 11.1. The molecule has 1 heterocycles. The molecule has 1 atom stereocenters. The Morgan fingerprint density at radius 1 is 1.42 bits per heavy atom. The Balaban J connectivity index is 2.14. The predicted molar refractivity (Wildman–Crippen MR) is 77.8 cm³/mol. The number of amides is 1. The van der Waals surface area contributed by atoms with E-state index in [1.807, 2.05) is 37.3 Å². The molecule has 0 aliphatic heterocycles. The van der Waals surface area contributed by atoms with Crippen molar-refractivity contribution in [3.8, 4) is 0 Å². The first-order chi connectivity index (χ1) is 9.24. The van der Waals surface area contributed by atoms with E-state index in [2.05, 4.69) is 10.3 Å². The van der Waals surface area contributed by atoms with Crippen LogP contribution < -0.4 is 11.1 Å². The molecule has 1 aromatic heterocycles. The number of pyridine rings is 1. The van der Waals surface area contributed by atoms with Gasteiger partial charge in [-0.05, 0) is 18.6 Å². The average molecular weight is 257 g/mol. The number of para-hydroxylation sites is 1. The number of carbonyl (C=O) groups is 1. The lowest BCUT2D eigenvalue weighted by molar-refractivity contribution is -0.119. The van der Waals surface area contributed by atoms with Crippen LogP contribution in [0.4, 0.5) is 5.69 Å². The van der Waals surface area contributed by atoms with Crippen molar-refractivity contribution >= 4 is 22.5 Å². The molecule has 0 fully saturated rings. The van der Waals surface area contributed by atoms with Gasteiger partial charge >= 0.3 is 0 Å². The maximum atomic E-state index is 12.1. The third-order valence-electron chi connectivity index (χ3n) is 3.15. The molecule has 2 rings (SSSR count). The summed E-state index contributed by atoms with van der Waals surface area (Å²) in [4.78, 5) is 16.4. The van der Waals surface area contributed by atoms with Crippen LogP contribution in [0.5, 0.6) is 0 Å². The largest absolute Gasteiger partial charge is 0.330 e. The molecule has 0 aliphatic rings. The molecule has 3 N–H and O–H groups in total. The molecule has 1 unspecified atom stereocenters. The Morgan fingerprint density at radius 2 is 2.21 bits per heavy atom. The van der Waals surface area contributed by atoms with E-state index in [1.165, 1.54) is 0 Å². The van der Waals surface area contributed by atoms with Crippen molar-refractivity contribution < 1.29 is 4.79 Å². The molecule has 19 heavy (non-hydrogen) atoms. The van der Waals surface area contributed by atoms with Crippen LogP contribution in [0, 0.1) is 5.92 Å². The fourth-order valence-electron chi connectivity index (χ4n) is 2.09. The number of nitrogens with zero attached hydrogens (tertiary/aromatic N) is 1. The monoisotopic (exact) mass is 257 g/mol. The molecule has 4 nitrogen and oxygen atoms in total. The lowest BCUT2D eigenvalue weighted by Gasteiger charge is -2.13. The maximum absolute atomic E-state index is 12.1. The van der Waals surface area contributed by atoms with Crippen LogP contribution in [0.1, 0.15) is 19.8 Å². The Hall–Kier alpha value is -1.94. The highest BCUT2D eigenvalue weighted by Crippen LogP contribution is 2.17. The van der Waals surface area contributed by atoms with Crippen molar-refractivity contribution in [2.24, 2.45) is 11.7 Å². The van der Waals surface area contributed by atoms with Crippen LogP contribution in [-0.4, -0.2) is 17.4 Å². The normalized spacial score (nSPS) is 12.3. The number of aromatic nitrogens is 1. The van der Waals surface area contributed by atoms with E-state index in [-0.39, 0.29) is 11.8 Å². The van der Waals surface area contributed by atoms with Gasteiger partial charge < -0.3 is 11.1 Å². The van der Waals surface area contributed by atoms with Crippen LogP contribution in [0.15, 0.2) is 36.5 Å². The van der Waals surface area contributed by atoms with Crippen molar-refractivity contribution in [3.05, 3.63) is 36.5 Å². The standard InChI is InChI=1S/C15H19N3O/c1-2-5-12(9-16)15(19)18-13-8-11-6-3-4-7-14(11)17-10-13/h3-4,6-8,10,12H,2,5,9,16H2,1H3,(H,18,19). The van der Waals surface area contributed by atoms with Gasteiger partial charge in [0.05, 0.1) is 23.3 Å². The Kier molecular flexibility index (Phi) is 4.47. The smallest absolute Gasteiger partial charge is 0.228 e. The van der Waals surface area contributed by atoms with Crippen molar-refractivity contribution in [1.82, 2.24) is 4.98 Å². The highest BCUT2D eigenvalue weighted by atomic mass is 16.1. The van der Waals surface area contributed by atoms with Crippen molar-refractivity contribution in [3.63, 3.8) is 0 Å². The van der Waals surface area contributed by atoms with Gasteiger partial charge in [0, 0.05) is 11.9 Å². The van der Waals surface area contributed by atoms with E-state index in [1.54, 1.807) is 6.20 Å². The molecule has 0 bridgehead atoms. The number of fused-ring (bicyclic) bond motifs is 1. The highest BCUT2D eigenvalue weighted by Gasteiger charge is 2.15. The fraction of sp³-hybridized carbons (Fsp3) is 0.333. The second-order valence-electron chi connectivity index (χ2n) is 4.63. The van der Waals surface area contributed by atoms with Gasteiger partial charge in [-0.2, -0.15) is 0 Å². The van der Waals surface area contributed by atoms with E-state index in [0.29, 0.717) is 6.54 Å². The third-order valence-corrected chi connectivity index (χ3v) is 3.15. The second kappa shape index (κ2) is 6.29. The van der Waals surface area contributed by atoms with Gasteiger partial charge in [0.1, 0.15) is 0 Å². The molecule has 0 saturated heterocycles. The zero-order valence-corrected chi connectivity index (χ0v) is 11.1. The number of nitrogens with two attached hydrogens (primary N) is 1. The Bertz CT molecular complexity index is 568. The fourth-order valence-corrected chi connectivity index (χ4v) is 2.09. The SMILES string of the molecule is CCCC(CN)C(=O)Nc1cnc2ccccc2c1. The van der Waals surface area contributed by atoms with Crippen molar-refractivity contribution in [1.29, 1.82) is 0 Å². The number of benzene rings is 1. The van der Waals surface area contributed by atoms with Gasteiger partial charge in [0.25, 0.3) is 0 Å². The molecule has 100 valence electrons. The van der Waals surface area contributed by atoms with E-state index >= 15 is 0 Å². The van der Waals surface area contributed by atoms with Gasteiger partial charge in [-0.15, -0.1) is 0 Å². The zero-order chi connectivity index (χ0) is 13.7. The molecular formula is C15H19N3O. The number of hydrogen-bond donors (Lipinski definition) is 2. The first-order valence-electron chi connectivity index (χ1n) is 6.60. The van der Waals surface area contributed by atoms with Crippen LogP contribution in [0.3, 0.4) is 0 Å². The molecule has 0 aliphatic carbocycles. The van der Waals surface area contributed by atoms with E-state index in [4.69, 9.17) is 5.73 Å². The number of rotatable bonds is 5. The van der Waals surface area contributed by atoms with Crippen molar-refractivity contribution in [2.75, 3.05) is 11.9 Å². The summed E-state index contributed by atoms with van der Waals surface area (Å²) in [6, 6.07) is 9.75. The lowest BCUT2D eigenvalue weighted by atomic mass is 10.0. The van der Waals surface area contributed by atoms with Gasteiger partial charge in [0.2, 0.25) is 5.91 Å². The minimum atomic E-state index is -0.128. The molecule has 0 saturated carbocycles. The molecule has 1 amide bonds. The lowest BCUT2D eigenvalue weighted by Crippen LogP contribution is -2.29. The Labute approximate surface area is 113 Å². The summed E-state index contributed by atoms with van der Waals surface area (Å²) in [5, 5.41) is 3.90. The van der Waals surface area contributed by atoms with Gasteiger partial charge in [0.15, 0.2) is 0 Å². The highest BCUT2D eigenvalue weighted by molar-refractivity contribution is 5.94. The molecule has 4 heteroatoms. The molecule has 0 spiro atoms. The molecule has 2 aromatic rings. The van der Waals surface area contributed by atoms with Crippen LogP contribution in [0.2, 0.25) is 0 Å².